The van der Waals surface area contributed by atoms with Gasteiger partial charge in [0, 0.05) is 37.4 Å². The molecule has 2 atom stereocenters. The lowest BCUT2D eigenvalue weighted by Gasteiger charge is -2.42. The van der Waals surface area contributed by atoms with E-state index in [0.29, 0.717) is 6.67 Å². The van der Waals surface area contributed by atoms with E-state index in [-0.39, 0.29) is 23.8 Å². The number of urea groups is 1. The number of rotatable bonds is 4. The predicted octanol–water partition coefficient (Wildman–Crippen LogP) is 3.72. The molecule has 1 aromatic carbocycles. The minimum absolute atomic E-state index is 0.00984. The normalized spacial score (nSPS) is 30.5. The molecule has 5 rings (SSSR count). The first-order valence-corrected chi connectivity index (χ1v) is 12.4. The van der Waals surface area contributed by atoms with E-state index in [1.54, 1.807) is 0 Å². The Morgan fingerprint density at radius 2 is 1.71 bits per heavy atom. The lowest BCUT2D eigenvalue weighted by Crippen LogP contribution is -2.59. The third-order valence-electron chi connectivity index (χ3n) is 7.75. The molecule has 2 aromatic rings. The Morgan fingerprint density at radius 1 is 1.03 bits per heavy atom. The molecule has 166 valence electrons. The monoisotopic (exact) mass is 440 g/mol. The summed E-state index contributed by atoms with van der Waals surface area (Å²) in [7, 11) is 0. The Kier molecular flexibility index (Phi) is 5.52. The number of piperazine rings is 1. The summed E-state index contributed by atoms with van der Waals surface area (Å²) < 4.78 is 1.34. The summed E-state index contributed by atoms with van der Waals surface area (Å²) in [6, 6.07) is 8.38. The maximum absolute atomic E-state index is 13.4. The molecule has 6 nitrogen and oxygen atoms in total. The molecule has 1 saturated carbocycles. The van der Waals surface area contributed by atoms with E-state index < -0.39 is 5.54 Å². The van der Waals surface area contributed by atoms with E-state index in [1.165, 1.54) is 20.5 Å². The molecular weight excluding hydrogens is 408 g/mol. The highest BCUT2D eigenvalue weighted by Crippen LogP contribution is 2.42. The van der Waals surface area contributed by atoms with Crippen LogP contribution in [0.3, 0.4) is 0 Å². The number of nitrogens with zero attached hydrogens (tertiary/aromatic N) is 3. The van der Waals surface area contributed by atoms with Gasteiger partial charge < -0.3 is 5.32 Å². The summed E-state index contributed by atoms with van der Waals surface area (Å²) in [5.74, 6) is 0.370. The third kappa shape index (κ3) is 3.56. The van der Waals surface area contributed by atoms with Crippen molar-refractivity contribution >= 4 is 33.4 Å². The number of nitrogens with one attached hydrogen (secondary N) is 1. The fraction of sp³-hybridized carbons (Fsp3) is 0.583. The summed E-state index contributed by atoms with van der Waals surface area (Å²) in [6.45, 7) is 9.24. The highest BCUT2D eigenvalue weighted by Gasteiger charge is 2.58. The highest BCUT2D eigenvalue weighted by molar-refractivity contribution is 7.17. The fourth-order valence-electron chi connectivity index (χ4n) is 5.77. The minimum Gasteiger partial charge on any atom is -0.323 e. The van der Waals surface area contributed by atoms with Gasteiger partial charge in [0.2, 0.25) is 0 Å². The van der Waals surface area contributed by atoms with Crippen molar-refractivity contribution in [1.82, 2.24) is 20.0 Å². The topological polar surface area (TPSA) is 55.9 Å². The number of fused-ring (bicyclic) bond motifs is 1. The van der Waals surface area contributed by atoms with Gasteiger partial charge in [0.05, 0.1) is 6.67 Å². The Bertz CT molecular complexity index is 971. The zero-order chi connectivity index (χ0) is 21.6. The molecule has 1 N–H and O–H groups in total. The van der Waals surface area contributed by atoms with Crippen molar-refractivity contribution in [3.63, 3.8) is 0 Å². The molecule has 1 aromatic heterocycles. The summed E-state index contributed by atoms with van der Waals surface area (Å²) in [5.41, 5.74) is 0.697. The molecule has 7 heteroatoms. The van der Waals surface area contributed by atoms with Gasteiger partial charge in [-0.3, -0.25) is 14.6 Å². The van der Waals surface area contributed by atoms with Gasteiger partial charge in [0.15, 0.2) is 0 Å². The van der Waals surface area contributed by atoms with Gasteiger partial charge >= 0.3 is 6.03 Å². The Hall–Kier alpha value is -1.96. The standard InChI is InChI=1S/C24H32N4O2S/c1-17-6-5-7-18(2)24(17)22(29)28(23(30)25-24)16-27-12-10-26(11-13-27)14-19-15-31-21-9-4-3-8-20(19)21/h3-4,8-9,15,17-18H,5-7,10-14,16H2,1-2H3,(H,25,30). The zero-order valence-electron chi connectivity index (χ0n) is 18.5. The molecule has 2 unspecified atom stereocenters. The number of imide groups is 1. The van der Waals surface area contributed by atoms with Gasteiger partial charge in [-0.05, 0) is 47.1 Å². The van der Waals surface area contributed by atoms with Crippen LogP contribution >= 0.6 is 11.3 Å². The van der Waals surface area contributed by atoms with Gasteiger partial charge in [0.25, 0.3) is 5.91 Å². The van der Waals surface area contributed by atoms with Crippen molar-refractivity contribution in [2.45, 2.75) is 45.2 Å². The molecule has 1 spiro atoms. The molecule has 31 heavy (non-hydrogen) atoms. The molecule has 1 aliphatic carbocycles. The number of carbonyl (C=O) groups excluding carboxylic acids is 2. The van der Waals surface area contributed by atoms with Crippen LogP contribution in [0.4, 0.5) is 4.79 Å². The lowest BCUT2D eigenvalue weighted by molar-refractivity contribution is -0.138. The molecule has 0 bridgehead atoms. The number of carbonyl (C=O) groups is 2. The number of benzene rings is 1. The van der Waals surface area contributed by atoms with Crippen LogP contribution < -0.4 is 5.32 Å². The maximum Gasteiger partial charge on any atom is 0.326 e. The molecule has 3 amide bonds. The Balaban J connectivity index is 1.20. The summed E-state index contributed by atoms with van der Waals surface area (Å²) in [4.78, 5) is 32.4. The van der Waals surface area contributed by atoms with E-state index in [0.717, 1.165) is 52.0 Å². The third-order valence-corrected chi connectivity index (χ3v) is 8.76. The molecule has 3 aliphatic rings. The fourth-order valence-corrected chi connectivity index (χ4v) is 6.72. The van der Waals surface area contributed by atoms with Crippen LogP contribution in [0.1, 0.15) is 38.7 Å². The van der Waals surface area contributed by atoms with Crippen molar-refractivity contribution in [2.24, 2.45) is 11.8 Å². The maximum atomic E-state index is 13.4. The van der Waals surface area contributed by atoms with E-state index in [4.69, 9.17) is 0 Å². The van der Waals surface area contributed by atoms with Gasteiger partial charge in [-0.15, -0.1) is 11.3 Å². The van der Waals surface area contributed by atoms with Gasteiger partial charge in [-0.25, -0.2) is 9.69 Å². The lowest BCUT2D eigenvalue weighted by atomic mass is 9.67. The van der Waals surface area contributed by atoms with Crippen molar-refractivity contribution in [2.75, 3.05) is 32.8 Å². The van der Waals surface area contributed by atoms with Gasteiger partial charge in [-0.2, -0.15) is 0 Å². The van der Waals surface area contributed by atoms with Crippen LogP contribution in [0.2, 0.25) is 0 Å². The number of hydrogen-bond donors (Lipinski definition) is 1. The molecule has 3 fully saturated rings. The smallest absolute Gasteiger partial charge is 0.323 e. The minimum atomic E-state index is -0.697. The van der Waals surface area contributed by atoms with Crippen LogP contribution in [-0.2, 0) is 11.3 Å². The van der Waals surface area contributed by atoms with E-state index in [1.807, 2.05) is 11.3 Å². The number of hydrogen-bond acceptors (Lipinski definition) is 5. The molecule has 0 radical (unpaired) electrons. The average Bonchev–Trinajstić information content (AvgIpc) is 3.28. The van der Waals surface area contributed by atoms with Crippen LogP contribution in [-0.4, -0.2) is 65.0 Å². The van der Waals surface area contributed by atoms with Crippen molar-refractivity contribution < 1.29 is 9.59 Å². The van der Waals surface area contributed by atoms with Crippen LogP contribution in [0.5, 0.6) is 0 Å². The van der Waals surface area contributed by atoms with Crippen molar-refractivity contribution in [3.05, 3.63) is 35.2 Å². The summed E-state index contributed by atoms with van der Waals surface area (Å²) in [6.07, 6.45) is 3.13. The summed E-state index contributed by atoms with van der Waals surface area (Å²) >= 11 is 1.81. The van der Waals surface area contributed by atoms with Gasteiger partial charge in [0.1, 0.15) is 5.54 Å². The first-order chi connectivity index (χ1) is 15.0. The summed E-state index contributed by atoms with van der Waals surface area (Å²) in [5, 5.41) is 6.75. The van der Waals surface area contributed by atoms with E-state index in [9.17, 15) is 9.59 Å². The van der Waals surface area contributed by atoms with Gasteiger partial charge in [-0.1, -0.05) is 38.5 Å². The molecule has 2 aliphatic heterocycles. The number of thiophene rings is 1. The Labute approximate surface area is 188 Å². The van der Waals surface area contributed by atoms with E-state index in [2.05, 4.69) is 58.6 Å². The predicted molar refractivity (Wildman–Crippen MR) is 124 cm³/mol. The van der Waals surface area contributed by atoms with E-state index >= 15 is 0 Å². The molecule has 3 heterocycles. The SMILES string of the molecule is CC1CCCC(C)C12NC(=O)N(CN1CCN(Cc3csc4ccccc34)CC1)C2=O. The largest absolute Gasteiger partial charge is 0.326 e. The second-order valence-electron chi connectivity index (χ2n) is 9.56. The Morgan fingerprint density at radius 3 is 2.45 bits per heavy atom. The zero-order valence-corrected chi connectivity index (χ0v) is 19.3. The highest BCUT2D eigenvalue weighted by atomic mass is 32.1. The van der Waals surface area contributed by atoms with Crippen LogP contribution in [0.15, 0.2) is 29.6 Å². The van der Waals surface area contributed by atoms with Crippen LogP contribution in [0.25, 0.3) is 10.1 Å². The number of amides is 3. The second kappa shape index (κ2) is 8.19. The molecule has 2 saturated heterocycles. The first kappa shape index (κ1) is 20.9. The first-order valence-electron chi connectivity index (χ1n) is 11.5. The van der Waals surface area contributed by atoms with Crippen molar-refractivity contribution in [1.29, 1.82) is 0 Å². The average molecular weight is 441 g/mol. The quantitative estimate of drug-likeness (QED) is 0.736. The van der Waals surface area contributed by atoms with Crippen molar-refractivity contribution in [3.8, 4) is 0 Å². The van der Waals surface area contributed by atoms with Crippen LogP contribution in [0, 0.1) is 11.8 Å². The molecular formula is C24H32N4O2S. The second-order valence-corrected chi connectivity index (χ2v) is 10.5.